The van der Waals surface area contributed by atoms with Gasteiger partial charge in [0.1, 0.15) is 0 Å². The monoisotopic (exact) mass is 244 g/mol. The zero-order chi connectivity index (χ0) is 11.5. The molecule has 2 amide bonds. The van der Waals surface area contributed by atoms with E-state index < -0.39 is 5.97 Å². The zero-order valence-corrected chi connectivity index (χ0v) is 9.83. The summed E-state index contributed by atoms with van der Waals surface area (Å²) < 4.78 is 0. The second-order valence-electron chi connectivity index (χ2n) is 4.30. The van der Waals surface area contributed by atoms with E-state index in [1.165, 1.54) is 5.75 Å². The number of likely N-dealkylation sites (tertiary alicyclic amines) is 1. The molecule has 0 aliphatic carbocycles. The molecule has 0 bridgehead atoms. The van der Waals surface area contributed by atoms with E-state index in [4.69, 9.17) is 5.11 Å². The van der Waals surface area contributed by atoms with Crippen molar-refractivity contribution in [3.8, 4) is 0 Å². The van der Waals surface area contributed by atoms with Crippen LogP contribution in [0.3, 0.4) is 0 Å². The molecule has 2 heterocycles. The summed E-state index contributed by atoms with van der Waals surface area (Å²) in [4.78, 5) is 23.8. The minimum absolute atomic E-state index is 0.106. The third-order valence-corrected chi connectivity index (χ3v) is 4.22. The van der Waals surface area contributed by atoms with Crippen molar-refractivity contribution in [2.75, 3.05) is 24.6 Å². The number of nitrogens with zero attached hydrogens (tertiary/aromatic N) is 1. The van der Waals surface area contributed by atoms with Gasteiger partial charge in [0.05, 0.1) is 5.92 Å². The van der Waals surface area contributed by atoms with Gasteiger partial charge in [-0.1, -0.05) is 0 Å². The van der Waals surface area contributed by atoms with Gasteiger partial charge in [-0.15, -0.1) is 0 Å². The number of rotatable bonds is 2. The Bertz CT molecular complexity index is 286. The first-order valence-electron chi connectivity index (χ1n) is 5.53. The molecule has 1 unspecified atom stereocenters. The number of hydrogen-bond acceptors (Lipinski definition) is 3. The van der Waals surface area contributed by atoms with E-state index in [9.17, 15) is 9.59 Å². The van der Waals surface area contributed by atoms with Crippen LogP contribution < -0.4 is 5.32 Å². The second-order valence-corrected chi connectivity index (χ2v) is 5.45. The van der Waals surface area contributed by atoms with Crippen LogP contribution in [-0.2, 0) is 4.79 Å². The fourth-order valence-electron chi connectivity index (χ4n) is 1.92. The van der Waals surface area contributed by atoms with Crippen LogP contribution in [0.25, 0.3) is 0 Å². The number of hydrogen-bond donors (Lipinski definition) is 2. The van der Waals surface area contributed by atoms with Crippen LogP contribution in [-0.4, -0.2) is 52.6 Å². The van der Waals surface area contributed by atoms with Crippen molar-refractivity contribution in [3.63, 3.8) is 0 Å². The number of aliphatic carboxylic acids is 1. The molecule has 2 fully saturated rings. The first kappa shape index (κ1) is 11.6. The molecule has 2 saturated heterocycles. The number of nitrogens with one attached hydrogen (secondary N) is 1. The molecule has 6 heteroatoms. The van der Waals surface area contributed by atoms with Gasteiger partial charge in [-0.05, 0) is 18.6 Å². The molecule has 1 atom stereocenters. The lowest BCUT2D eigenvalue weighted by Gasteiger charge is -2.37. The standard InChI is InChI=1S/C10H16N2O3S/c13-9(14)7-4-12(5-7)10(15)11-8-2-1-3-16-6-8/h7-8H,1-6H2,(H,11,15)(H,13,14). The van der Waals surface area contributed by atoms with Crippen molar-refractivity contribution >= 4 is 23.8 Å². The normalized spacial score (nSPS) is 26.0. The molecular formula is C10H16N2O3S. The molecule has 16 heavy (non-hydrogen) atoms. The summed E-state index contributed by atoms with van der Waals surface area (Å²) in [6.07, 6.45) is 2.18. The number of urea groups is 1. The van der Waals surface area contributed by atoms with Gasteiger partial charge in [0.15, 0.2) is 0 Å². The third kappa shape index (κ3) is 2.61. The van der Waals surface area contributed by atoms with E-state index in [-0.39, 0.29) is 18.0 Å². The molecule has 0 aromatic heterocycles. The maximum absolute atomic E-state index is 11.7. The van der Waals surface area contributed by atoms with E-state index >= 15 is 0 Å². The fourth-order valence-corrected chi connectivity index (χ4v) is 2.99. The van der Waals surface area contributed by atoms with Gasteiger partial charge in [0.2, 0.25) is 0 Å². The van der Waals surface area contributed by atoms with Gasteiger partial charge in [-0.25, -0.2) is 4.79 Å². The second kappa shape index (κ2) is 4.95. The summed E-state index contributed by atoms with van der Waals surface area (Å²) in [5.74, 6) is 0.975. The predicted octanol–water partition coefficient (Wildman–Crippen LogP) is 0.608. The Kier molecular flexibility index (Phi) is 3.58. The summed E-state index contributed by atoms with van der Waals surface area (Å²) in [5.41, 5.74) is 0. The molecule has 0 saturated carbocycles. The van der Waals surface area contributed by atoms with Crippen LogP contribution in [0.5, 0.6) is 0 Å². The van der Waals surface area contributed by atoms with Crippen molar-refractivity contribution in [3.05, 3.63) is 0 Å². The Balaban J connectivity index is 1.71. The molecule has 2 rings (SSSR count). The smallest absolute Gasteiger partial charge is 0.317 e. The molecular weight excluding hydrogens is 228 g/mol. The highest BCUT2D eigenvalue weighted by atomic mass is 32.2. The maximum atomic E-state index is 11.7. The molecule has 0 radical (unpaired) electrons. The maximum Gasteiger partial charge on any atom is 0.317 e. The molecule has 5 nitrogen and oxygen atoms in total. The molecule has 0 spiro atoms. The van der Waals surface area contributed by atoms with Gasteiger partial charge < -0.3 is 15.3 Å². The molecule has 2 aliphatic heterocycles. The Hall–Kier alpha value is -0.910. The van der Waals surface area contributed by atoms with Crippen LogP contribution in [0.2, 0.25) is 0 Å². The molecule has 2 N–H and O–H groups in total. The number of amides is 2. The van der Waals surface area contributed by atoms with Gasteiger partial charge in [-0.2, -0.15) is 11.8 Å². The van der Waals surface area contributed by atoms with Gasteiger partial charge >= 0.3 is 12.0 Å². The molecule has 2 aliphatic rings. The minimum atomic E-state index is -0.808. The Morgan fingerprint density at radius 1 is 1.38 bits per heavy atom. The summed E-state index contributed by atoms with van der Waals surface area (Å²) in [7, 11) is 0. The Morgan fingerprint density at radius 3 is 2.69 bits per heavy atom. The first-order valence-corrected chi connectivity index (χ1v) is 6.68. The Labute approximate surface area is 98.6 Å². The van der Waals surface area contributed by atoms with Gasteiger partial charge in [-0.3, -0.25) is 4.79 Å². The van der Waals surface area contributed by atoms with E-state index in [0.29, 0.717) is 13.1 Å². The van der Waals surface area contributed by atoms with Gasteiger partial charge in [0, 0.05) is 24.9 Å². The number of carbonyl (C=O) groups is 2. The fraction of sp³-hybridized carbons (Fsp3) is 0.800. The minimum Gasteiger partial charge on any atom is -0.481 e. The van der Waals surface area contributed by atoms with Crippen molar-refractivity contribution in [1.82, 2.24) is 10.2 Å². The average molecular weight is 244 g/mol. The van der Waals surface area contributed by atoms with E-state index in [0.717, 1.165) is 18.6 Å². The van der Waals surface area contributed by atoms with Crippen LogP contribution in [0.1, 0.15) is 12.8 Å². The average Bonchev–Trinajstić information content (AvgIpc) is 2.15. The van der Waals surface area contributed by atoms with Crippen molar-refractivity contribution in [2.45, 2.75) is 18.9 Å². The van der Waals surface area contributed by atoms with E-state index in [2.05, 4.69) is 5.32 Å². The highest BCUT2D eigenvalue weighted by Gasteiger charge is 2.36. The van der Waals surface area contributed by atoms with E-state index in [1.807, 2.05) is 11.8 Å². The number of carboxylic acid groups (broad SMARTS) is 1. The molecule has 0 aromatic carbocycles. The van der Waals surface area contributed by atoms with Crippen LogP contribution >= 0.6 is 11.8 Å². The largest absolute Gasteiger partial charge is 0.481 e. The summed E-state index contributed by atoms with van der Waals surface area (Å²) in [5, 5.41) is 11.6. The lowest BCUT2D eigenvalue weighted by Crippen LogP contribution is -2.58. The summed E-state index contributed by atoms with van der Waals surface area (Å²) in [6.45, 7) is 0.696. The van der Waals surface area contributed by atoms with Crippen molar-refractivity contribution in [1.29, 1.82) is 0 Å². The van der Waals surface area contributed by atoms with Crippen LogP contribution in [0, 0.1) is 5.92 Å². The highest BCUT2D eigenvalue weighted by Crippen LogP contribution is 2.19. The van der Waals surface area contributed by atoms with Crippen LogP contribution in [0.15, 0.2) is 0 Å². The highest BCUT2D eigenvalue weighted by molar-refractivity contribution is 7.99. The topological polar surface area (TPSA) is 69.6 Å². The van der Waals surface area contributed by atoms with Crippen molar-refractivity contribution in [2.24, 2.45) is 5.92 Å². The predicted molar refractivity (Wildman–Crippen MR) is 61.6 cm³/mol. The molecule has 0 aromatic rings. The first-order chi connectivity index (χ1) is 7.66. The van der Waals surface area contributed by atoms with E-state index in [1.54, 1.807) is 4.90 Å². The lowest BCUT2D eigenvalue weighted by molar-refractivity contribution is -0.146. The number of thioether (sulfide) groups is 1. The van der Waals surface area contributed by atoms with Crippen LogP contribution in [0.4, 0.5) is 4.79 Å². The summed E-state index contributed by atoms with van der Waals surface area (Å²) >= 11 is 1.86. The lowest BCUT2D eigenvalue weighted by atomic mass is 10.0. The zero-order valence-electron chi connectivity index (χ0n) is 9.02. The van der Waals surface area contributed by atoms with Crippen molar-refractivity contribution < 1.29 is 14.7 Å². The Morgan fingerprint density at radius 2 is 2.12 bits per heavy atom. The SMILES string of the molecule is O=C(O)C1CN(C(=O)NC2CCCSC2)C1. The number of carboxylic acids is 1. The molecule has 90 valence electrons. The quantitative estimate of drug-likeness (QED) is 0.746. The van der Waals surface area contributed by atoms with Gasteiger partial charge in [0.25, 0.3) is 0 Å². The summed E-state index contributed by atoms with van der Waals surface area (Å²) in [6, 6.07) is 0.153. The third-order valence-electron chi connectivity index (χ3n) is 3.01. The number of carbonyl (C=O) groups excluding carboxylic acids is 1.